The van der Waals surface area contributed by atoms with Crippen LogP contribution in [0.15, 0.2) is 41.6 Å². The number of benzene rings is 1. The van der Waals surface area contributed by atoms with Crippen LogP contribution in [0.1, 0.15) is 36.9 Å². The lowest BCUT2D eigenvalue weighted by Gasteiger charge is -2.24. The molecule has 0 aliphatic heterocycles. The Morgan fingerprint density at radius 3 is 2.58 bits per heavy atom. The number of hydrogen-bond donors (Lipinski definition) is 2. The van der Waals surface area contributed by atoms with Crippen molar-refractivity contribution >= 4 is 33.1 Å². The lowest BCUT2D eigenvalue weighted by atomic mass is 10.1. The van der Waals surface area contributed by atoms with Gasteiger partial charge in [-0.1, -0.05) is 0 Å². The van der Waals surface area contributed by atoms with E-state index in [0.717, 1.165) is 47.7 Å². The van der Waals surface area contributed by atoms with Crippen molar-refractivity contribution in [2.75, 3.05) is 23.0 Å². The monoisotopic (exact) mass is 510 g/mol. The first kappa shape index (κ1) is 23.9. The van der Waals surface area contributed by atoms with E-state index < -0.39 is 15.7 Å². The third kappa shape index (κ3) is 4.68. The fourth-order valence-electron chi connectivity index (χ4n) is 4.16. The molecule has 10 nitrogen and oxygen atoms in total. The summed E-state index contributed by atoms with van der Waals surface area (Å²) in [6, 6.07) is 5.74. The molecule has 0 unspecified atom stereocenters. The number of aryl methyl sites for hydroxylation is 2. The SMILES string of the molecule is CCN(c1nc(Nc2cc(C)[nH]n2)c(C2CC2)c(-c2cnn(C)c2)n1)c1ccc(S(C)(=O)=O)cc1F. The molecular weight excluding hydrogens is 483 g/mol. The molecule has 36 heavy (non-hydrogen) atoms. The third-order valence-corrected chi connectivity index (χ3v) is 7.16. The van der Waals surface area contributed by atoms with Crippen LogP contribution in [0, 0.1) is 12.7 Å². The summed E-state index contributed by atoms with van der Waals surface area (Å²) in [5.41, 5.74) is 3.60. The van der Waals surface area contributed by atoms with Gasteiger partial charge >= 0.3 is 0 Å². The standard InChI is InChI=1S/C24H27FN8O2S/c1-5-33(19-9-8-17(11-18(19)25)36(4,34)35)24-28-22(16-12-26-32(3)13-16)21(15-6-7-15)23(29-24)27-20-10-14(2)30-31-20/h8-13,15H,5-7H2,1-4H3,(H2,27,28,29,30,31). The molecule has 4 aromatic rings. The number of hydrogen-bond acceptors (Lipinski definition) is 8. The fourth-order valence-corrected chi connectivity index (χ4v) is 4.79. The molecule has 1 aromatic carbocycles. The zero-order chi connectivity index (χ0) is 25.6. The number of aromatic amines is 1. The van der Waals surface area contributed by atoms with Gasteiger partial charge in [-0.05, 0) is 50.8 Å². The van der Waals surface area contributed by atoms with Crippen LogP contribution in [0.5, 0.6) is 0 Å². The maximum Gasteiger partial charge on any atom is 0.232 e. The highest BCUT2D eigenvalue weighted by molar-refractivity contribution is 7.90. The maximum absolute atomic E-state index is 15.2. The van der Waals surface area contributed by atoms with Crippen molar-refractivity contribution in [3.63, 3.8) is 0 Å². The van der Waals surface area contributed by atoms with E-state index in [-0.39, 0.29) is 22.4 Å². The number of halogens is 1. The van der Waals surface area contributed by atoms with Crippen LogP contribution in [0.2, 0.25) is 0 Å². The van der Waals surface area contributed by atoms with Crippen LogP contribution in [0.25, 0.3) is 11.3 Å². The topological polar surface area (TPSA) is 122 Å². The average molecular weight is 511 g/mol. The van der Waals surface area contributed by atoms with Gasteiger partial charge in [-0.15, -0.1) is 0 Å². The Hall–Kier alpha value is -3.80. The number of rotatable bonds is 8. The van der Waals surface area contributed by atoms with Gasteiger partial charge in [0.05, 0.1) is 22.5 Å². The van der Waals surface area contributed by atoms with Gasteiger partial charge in [0.2, 0.25) is 5.95 Å². The van der Waals surface area contributed by atoms with Gasteiger partial charge < -0.3 is 10.2 Å². The number of sulfone groups is 1. The van der Waals surface area contributed by atoms with Crippen molar-refractivity contribution in [1.82, 2.24) is 29.9 Å². The molecule has 1 aliphatic carbocycles. The zero-order valence-electron chi connectivity index (χ0n) is 20.4. The van der Waals surface area contributed by atoms with E-state index >= 15 is 4.39 Å². The minimum atomic E-state index is -3.55. The Morgan fingerprint density at radius 1 is 1.25 bits per heavy atom. The van der Waals surface area contributed by atoms with E-state index in [1.807, 2.05) is 33.2 Å². The van der Waals surface area contributed by atoms with Gasteiger partial charge in [-0.2, -0.15) is 15.2 Å². The molecule has 12 heteroatoms. The molecular formula is C24H27FN8O2S. The van der Waals surface area contributed by atoms with Gasteiger partial charge in [-0.25, -0.2) is 17.8 Å². The summed E-state index contributed by atoms with van der Waals surface area (Å²) in [4.78, 5) is 11.3. The van der Waals surface area contributed by atoms with E-state index in [1.165, 1.54) is 12.1 Å². The van der Waals surface area contributed by atoms with Crippen molar-refractivity contribution in [2.45, 2.75) is 37.5 Å². The molecule has 1 fully saturated rings. The maximum atomic E-state index is 15.2. The Morgan fingerprint density at radius 2 is 2.03 bits per heavy atom. The Bertz CT molecular complexity index is 1540. The molecule has 3 heterocycles. The highest BCUT2D eigenvalue weighted by Gasteiger charge is 2.33. The van der Waals surface area contributed by atoms with Crippen LogP contribution in [-0.2, 0) is 16.9 Å². The average Bonchev–Trinajstić information content (AvgIpc) is 3.43. The molecule has 0 spiro atoms. The minimum Gasteiger partial charge on any atom is -0.323 e. The second-order valence-electron chi connectivity index (χ2n) is 9.00. The molecule has 3 aromatic heterocycles. The first-order valence-electron chi connectivity index (χ1n) is 11.6. The number of nitrogens with one attached hydrogen (secondary N) is 2. The van der Waals surface area contributed by atoms with Crippen LogP contribution >= 0.6 is 0 Å². The van der Waals surface area contributed by atoms with E-state index in [0.29, 0.717) is 18.2 Å². The Balaban J connectivity index is 1.68. The van der Waals surface area contributed by atoms with Gasteiger partial charge in [-0.3, -0.25) is 9.78 Å². The van der Waals surface area contributed by atoms with E-state index in [9.17, 15) is 8.42 Å². The molecule has 188 valence electrons. The number of anilines is 4. The molecule has 0 amide bonds. The lowest BCUT2D eigenvalue weighted by molar-refractivity contribution is 0.595. The van der Waals surface area contributed by atoms with E-state index in [4.69, 9.17) is 9.97 Å². The van der Waals surface area contributed by atoms with Crippen molar-refractivity contribution < 1.29 is 12.8 Å². The molecule has 0 atom stereocenters. The highest BCUT2D eigenvalue weighted by atomic mass is 32.2. The number of H-pyrrole nitrogens is 1. The van der Waals surface area contributed by atoms with E-state index in [2.05, 4.69) is 20.6 Å². The minimum absolute atomic E-state index is 0.0860. The summed E-state index contributed by atoms with van der Waals surface area (Å²) in [6.07, 6.45) is 6.72. The van der Waals surface area contributed by atoms with Crippen molar-refractivity contribution in [3.8, 4) is 11.3 Å². The summed E-state index contributed by atoms with van der Waals surface area (Å²) in [5, 5.41) is 14.9. The molecule has 2 N–H and O–H groups in total. The van der Waals surface area contributed by atoms with Crippen molar-refractivity contribution in [1.29, 1.82) is 0 Å². The predicted molar refractivity (Wildman–Crippen MR) is 135 cm³/mol. The fraction of sp³-hybridized carbons (Fsp3) is 0.333. The normalized spacial score (nSPS) is 13.7. The van der Waals surface area contributed by atoms with Crippen molar-refractivity contribution in [2.24, 2.45) is 7.05 Å². The molecule has 0 radical (unpaired) electrons. The predicted octanol–water partition coefficient (Wildman–Crippen LogP) is 4.23. The smallest absolute Gasteiger partial charge is 0.232 e. The Labute approximate surface area is 208 Å². The molecule has 0 saturated heterocycles. The molecule has 1 saturated carbocycles. The summed E-state index contributed by atoms with van der Waals surface area (Å²) < 4.78 is 40.7. The summed E-state index contributed by atoms with van der Waals surface area (Å²) in [5.74, 6) is 1.11. The largest absolute Gasteiger partial charge is 0.323 e. The zero-order valence-corrected chi connectivity index (χ0v) is 21.3. The Kier molecular flexibility index (Phi) is 5.99. The summed E-state index contributed by atoms with van der Waals surface area (Å²) in [6.45, 7) is 4.12. The first-order chi connectivity index (χ1) is 17.1. The lowest BCUT2D eigenvalue weighted by Crippen LogP contribution is -2.21. The van der Waals surface area contributed by atoms with Gasteiger partial charge in [0.15, 0.2) is 15.7 Å². The summed E-state index contributed by atoms with van der Waals surface area (Å²) >= 11 is 0. The highest BCUT2D eigenvalue weighted by Crippen LogP contribution is 2.48. The summed E-state index contributed by atoms with van der Waals surface area (Å²) in [7, 11) is -1.71. The van der Waals surface area contributed by atoms with Crippen LogP contribution in [0.4, 0.5) is 27.7 Å². The second-order valence-corrected chi connectivity index (χ2v) is 11.0. The van der Waals surface area contributed by atoms with Crippen LogP contribution in [0.3, 0.4) is 0 Å². The third-order valence-electron chi connectivity index (χ3n) is 6.05. The number of aromatic nitrogens is 6. The first-order valence-corrected chi connectivity index (χ1v) is 13.5. The quantitative estimate of drug-likeness (QED) is 0.361. The molecule has 5 rings (SSSR count). The number of nitrogens with zero attached hydrogens (tertiary/aromatic N) is 6. The van der Waals surface area contributed by atoms with Crippen molar-refractivity contribution in [3.05, 3.63) is 53.7 Å². The van der Waals surface area contributed by atoms with Crippen LogP contribution < -0.4 is 10.2 Å². The molecule has 0 bridgehead atoms. The second kappa shape index (κ2) is 9.01. The van der Waals surface area contributed by atoms with Gasteiger partial charge in [0.1, 0.15) is 11.6 Å². The van der Waals surface area contributed by atoms with Gasteiger partial charge in [0.25, 0.3) is 0 Å². The van der Waals surface area contributed by atoms with E-state index in [1.54, 1.807) is 15.8 Å². The molecule has 1 aliphatic rings. The van der Waals surface area contributed by atoms with Crippen LogP contribution in [-0.4, -0.2) is 51.2 Å². The van der Waals surface area contributed by atoms with Gasteiger partial charge in [0, 0.05) is 48.9 Å².